The summed E-state index contributed by atoms with van der Waals surface area (Å²) in [6, 6.07) is 11.3. The molecule has 0 bridgehead atoms. The van der Waals surface area contributed by atoms with Crippen LogP contribution in [-0.4, -0.2) is 25.3 Å². The van der Waals surface area contributed by atoms with Crippen molar-refractivity contribution in [1.29, 1.82) is 0 Å². The predicted molar refractivity (Wildman–Crippen MR) is 120 cm³/mol. The molecule has 5 rings (SSSR count). The Hall–Kier alpha value is -3.56. The number of nitrogens with zero attached hydrogens (tertiary/aromatic N) is 2. The Kier molecular flexibility index (Phi) is 5.19. The molecule has 3 aromatic rings. The lowest BCUT2D eigenvalue weighted by Gasteiger charge is -2.20. The Balaban J connectivity index is 1.53. The molecule has 6 nitrogen and oxygen atoms in total. The average molecular weight is 413 g/mol. The molecule has 2 N–H and O–H groups in total. The van der Waals surface area contributed by atoms with Gasteiger partial charge in [0.1, 0.15) is 11.3 Å². The summed E-state index contributed by atoms with van der Waals surface area (Å²) in [6.07, 6.45) is 4.84. The third kappa shape index (κ3) is 3.69. The summed E-state index contributed by atoms with van der Waals surface area (Å²) >= 11 is 0. The van der Waals surface area contributed by atoms with E-state index in [2.05, 4.69) is 27.4 Å². The molecule has 2 aliphatic rings. The normalized spacial score (nSPS) is 17.0. The number of methoxy groups -OCH3 is 1. The number of hydrogen-bond donors (Lipinski definition) is 2. The van der Waals surface area contributed by atoms with Crippen molar-refractivity contribution in [2.24, 2.45) is 16.1 Å². The predicted octanol–water partition coefficient (Wildman–Crippen LogP) is 5.48. The third-order valence-electron chi connectivity index (χ3n) is 5.82. The Bertz CT molecular complexity index is 1250. The van der Waals surface area contributed by atoms with Crippen LogP contribution in [0.1, 0.15) is 36.1 Å². The van der Waals surface area contributed by atoms with Crippen molar-refractivity contribution in [2.45, 2.75) is 19.3 Å². The molecule has 0 spiro atoms. The second-order valence-corrected chi connectivity index (χ2v) is 7.78. The van der Waals surface area contributed by atoms with Gasteiger partial charge in [-0.25, -0.2) is 0 Å². The standard InChI is InChI=1S/C25H23N3O3/c1-30-22-10-9-19-24(29)23(15-21-17-6-2-3-8-20(17)27-28-21)31-25(19)18(22)7-4-5-16-11-13-26-14-12-16/h2-3,6,8-10,15-16,26,29H,5,11-14H2,1H3. The fraction of sp³-hybridized carbons (Fsp3) is 0.280. The monoisotopic (exact) mass is 413 g/mol. The maximum Gasteiger partial charge on any atom is 0.172 e. The first-order chi connectivity index (χ1) is 15.2. The molecule has 0 aliphatic carbocycles. The molecule has 1 aromatic heterocycles. The Morgan fingerprint density at radius 3 is 2.87 bits per heavy atom. The zero-order chi connectivity index (χ0) is 21.2. The Morgan fingerprint density at radius 2 is 2.03 bits per heavy atom. The van der Waals surface area contributed by atoms with Crippen LogP contribution in [0.3, 0.4) is 0 Å². The van der Waals surface area contributed by atoms with Crippen molar-refractivity contribution in [3.63, 3.8) is 0 Å². The highest BCUT2D eigenvalue weighted by atomic mass is 16.5. The molecule has 2 aromatic carbocycles. The van der Waals surface area contributed by atoms with Crippen LogP contribution in [0, 0.1) is 17.8 Å². The summed E-state index contributed by atoms with van der Waals surface area (Å²) in [4.78, 5) is 0. The first kappa shape index (κ1) is 19.4. The van der Waals surface area contributed by atoms with Gasteiger partial charge in [0.05, 0.1) is 23.9 Å². The smallest absolute Gasteiger partial charge is 0.172 e. The van der Waals surface area contributed by atoms with Crippen LogP contribution in [0.4, 0.5) is 5.69 Å². The third-order valence-corrected chi connectivity index (χ3v) is 5.82. The lowest BCUT2D eigenvalue weighted by molar-refractivity contribution is 0.381. The van der Waals surface area contributed by atoms with E-state index in [1.807, 2.05) is 30.3 Å². The van der Waals surface area contributed by atoms with Crippen molar-refractivity contribution >= 4 is 28.4 Å². The first-order valence-corrected chi connectivity index (χ1v) is 10.5. The van der Waals surface area contributed by atoms with Gasteiger partial charge in [-0.2, -0.15) is 0 Å². The van der Waals surface area contributed by atoms with E-state index in [0.29, 0.717) is 39.7 Å². The summed E-state index contributed by atoms with van der Waals surface area (Å²) in [5, 5.41) is 23.2. The van der Waals surface area contributed by atoms with Crippen LogP contribution in [0.2, 0.25) is 0 Å². The average Bonchev–Trinajstić information content (AvgIpc) is 3.36. The highest BCUT2D eigenvalue weighted by molar-refractivity contribution is 5.96. The van der Waals surface area contributed by atoms with E-state index in [1.165, 1.54) is 0 Å². The molecule has 2 aliphatic heterocycles. The molecule has 0 unspecified atom stereocenters. The minimum absolute atomic E-state index is 0.0612. The first-order valence-electron chi connectivity index (χ1n) is 10.5. The van der Waals surface area contributed by atoms with Crippen LogP contribution in [0.5, 0.6) is 11.5 Å². The van der Waals surface area contributed by atoms with Crippen LogP contribution >= 0.6 is 0 Å². The van der Waals surface area contributed by atoms with Crippen molar-refractivity contribution < 1.29 is 14.3 Å². The van der Waals surface area contributed by atoms with Gasteiger partial charge in [-0.15, -0.1) is 10.2 Å². The number of nitrogens with one attached hydrogen (secondary N) is 1. The number of azo groups is 1. The summed E-state index contributed by atoms with van der Waals surface area (Å²) in [7, 11) is 1.61. The number of fused-ring (bicyclic) bond motifs is 2. The van der Waals surface area contributed by atoms with Gasteiger partial charge in [-0.1, -0.05) is 30.0 Å². The molecule has 6 heteroatoms. The van der Waals surface area contributed by atoms with E-state index >= 15 is 0 Å². The molecular weight excluding hydrogens is 390 g/mol. The van der Waals surface area contributed by atoms with Crippen LogP contribution in [0.15, 0.2) is 51.0 Å². The maximum absolute atomic E-state index is 10.8. The van der Waals surface area contributed by atoms with Gasteiger partial charge in [0.15, 0.2) is 17.1 Å². The fourth-order valence-electron chi connectivity index (χ4n) is 4.07. The summed E-state index contributed by atoms with van der Waals surface area (Å²) in [6.45, 7) is 2.10. The van der Waals surface area contributed by atoms with E-state index in [-0.39, 0.29) is 5.75 Å². The summed E-state index contributed by atoms with van der Waals surface area (Å²) in [5.41, 5.74) is 3.53. The zero-order valence-corrected chi connectivity index (χ0v) is 17.3. The molecule has 3 heterocycles. The molecule has 0 saturated carbocycles. The SMILES string of the molecule is COc1ccc2c(O)c(C=C3N=Nc4ccccc43)oc2c1C#CCC1CCNCC1. The van der Waals surface area contributed by atoms with Gasteiger partial charge in [-0.05, 0) is 50.0 Å². The molecule has 0 radical (unpaired) electrons. The van der Waals surface area contributed by atoms with Crippen molar-refractivity contribution in [2.75, 3.05) is 20.2 Å². The molecule has 1 fully saturated rings. The number of furan rings is 1. The topological polar surface area (TPSA) is 79.3 Å². The minimum Gasteiger partial charge on any atom is -0.504 e. The van der Waals surface area contributed by atoms with Gasteiger partial charge in [0.25, 0.3) is 0 Å². The Morgan fingerprint density at radius 1 is 1.19 bits per heavy atom. The molecule has 156 valence electrons. The van der Waals surface area contributed by atoms with Crippen LogP contribution in [0.25, 0.3) is 22.7 Å². The Labute approximate surface area is 180 Å². The van der Waals surface area contributed by atoms with Crippen molar-refractivity contribution in [1.82, 2.24) is 5.32 Å². The second-order valence-electron chi connectivity index (χ2n) is 7.78. The molecule has 0 atom stereocenters. The number of rotatable bonds is 3. The highest BCUT2D eigenvalue weighted by Crippen LogP contribution is 2.41. The van der Waals surface area contributed by atoms with E-state index in [4.69, 9.17) is 9.15 Å². The van der Waals surface area contributed by atoms with Gasteiger partial charge in [0.2, 0.25) is 0 Å². The fourth-order valence-corrected chi connectivity index (χ4v) is 4.07. The minimum atomic E-state index is 0.0612. The number of benzene rings is 2. The number of aromatic hydroxyl groups is 1. The molecule has 1 saturated heterocycles. The quantitative estimate of drug-likeness (QED) is 0.557. The molecule has 0 amide bonds. The van der Waals surface area contributed by atoms with Gasteiger partial charge in [-0.3, -0.25) is 0 Å². The maximum atomic E-state index is 10.8. The lowest BCUT2D eigenvalue weighted by Crippen LogP contribution is -2.27. The number of hydrogen-bond acceptors (Lipinski definition) is 6. The van der Waals surface area contributed by atoms with E-state index in [0.717, 1.165) is 43.6 Å². The zero-order valence-electron chi connectivity index (χ0n) is 17.3. The van der Waals surface area contributed by atoms with Crippen molar-refractivity contribution in [3.8, 4) is 23.3 Å². The van der Waals surface area contributed by atoms with Gasteiger partial charge in [0, 0.05) is 18.1 Å². The lowest BCUT2D eigenvalue weighted by atomic mass is 9.95. The van der Waals surface area contributed by atoms with E-state index in [9.17, 15) is 5.11 Å². The molecule has 31 heavy (non-hydrogen) atoms. The van der Waals surface area contributed by atoms with E-state index < -0.39 is 0 Å². The second kappa shape index (κ2) is 8.29. The molecular formula is C25H23N3O3. The van der Waals surface area contributed by atoms with Crippen LogP contribution < -0.4 is 10.1 Å². The van der Waals surface area contributed by atoms with Gasteiger partial charge >= 0.3 is 0 Å². The number of ether oxygens (including phenoxy) is 1. The largest absolute Gasteiger partial charge is 0.504 e. The summed E-state index contributed by atoms with van der Waals surface area (Å²) < 4.78 is 11.6. The van der Waals surface area contributed by atoms with Crippen LogP contribution in [-0.2, 0) is 0 Å². The number of piperidine rings is 1. The van der Waals surface area contributed by atoms with E-state index in [1.54, 1.807) is 19.3 Å². The van der Waals surface area contributed by atoms with Gasteiger partial charge < -0.3 is 19.6 Å². The summed E-state index contributed by atoms with van der Waals surface area (Å²) in [5.74, 6) is 8.17. The van der Waals surface area contributed by atoms with Crippen molar-refractivity contribution in [3.05, 3.63) is 53.3 Å². The highest BCUT2D eigenvalue weighted by Gasteiger charge is 2.20.